The molecule has 114 valence electrons. The van der Waals surface area contributed by atoms with Gasteiger partial charge in [0.25, 0.3) is 0 Å². The summed E-state index contributed by atoms with van der Waals surface area (Å²) in [7, 11) is 0. The molecule has 5 rings (SSSR count). The third-order valence-electron chi connectivity index (χ3n) is 4.95. The SMILES string of the molecule is Cc1ccc2c(c1)-c1ccccc1-c1nccc3cc(C)cc-2c13. The lowest BCUT2D eigenvalue weighted by molar-refractivity contribution is 1.36. The highest BCUT2D eigenvalue weighted by Crippen LogP contribution is 2.46. The molecule has 1 aromatic heterocycles. The molecule has 0 saturated heterocycles. The van der Waals surface area contributed by atoms with Gasteiger partial charge < -0.3 is 0 Å². The Balaban J connectivity index is 2.08. The molecule has 0 fully saturated rings. The van der Waals surface area contributed by atoms with Crippen LogP contribution in [0.1, 0.15) is 11.1 Å². The van der Waals surface area contributed by atoms with E-state index >= 15 is 0 Å². The van der Waals surface area contributed by atoms with Crippen molar-refractivity contribution < 1.29 is 0 Å². The number of fused-ring (bicyclic) bond motifs is 5. The van der Waals surface area contributed by atoms with Crippen molar-refractivity contribution in [2.45, 2.75) is 13.8 Å². The zero-order valence-corrected chi connectivity index (χ0v) is 13.8. The first-order chi connectivity index (χ1) is 11.7. The molecule has 0 amide bonds. The molecule has 0 N–H and O–H groups in total. The fourth-order valence-electron chi connectivity index (χ4n) is 3.92. The van der Waals surface area contributed by atoms with Gasteiger partial charge in [0.2, 0.25) is 0 Å². The highest BCUT2D eigenvalue weighted by atomic mass is 14.7. The molecule has 24 heavy (non-hydrogen) atoms. The van der Waals surface area contributed by atoms with Gasteiger partial charge in [0, 0.05) is 17.1 Å². The summed E-state index contributed by atoms with van der Waals surface area (Å²) < 4.78 is 0. The van der Waals surface area contributed by atoms with Crippen molar-refractivity contribution in [1.29, 1.82) is 0 Å². The minimum absolute atomic E-state index is 1.09. The maximum atomic E-state index is 4.77. The van der Waals surface area contributed by atoms with Crippen LogP contribution in [0, 0.1) is 13.8 Å². The highest BCUT2D eigenvalue weighted by molar-refractivity contribution is 6.12. The molecule has 0 unspecified atom stereocenters. The van der Waals surface area contributed by atoms with Crippen LogP contribution >= 0.6 is 0 Å². The lowest BCUT2D eigenvalue weighted by atomic mass is 9.92. The summed E-state index contributed by atoms with van der Waals surface area (Å²) in [6.45, 7) is 4.33. The van der Waals surface area contributed by atoms with Crippen molar-refractivity contribution >= 4 is 10.8 Å². The average molecular weight is 307 g/mol. The Morgan fingerprint density at radius 2 is 1.38 bits per heavy atom. The Morgan fingerprint density at radius 1 is 0.625 bits per heavy atom. The molecule has 1 heteroatoms. The van der Waals surface area contributed by atoms with Crippen molar-refractivity contribution in [2.75, 3.05) is 0 Å². The Bertz CT molecular complexity index is 1120. The van der Waals surface area contributed by atoms with Crippen LogP contribution in [0.2, 0.25) is 0 Å². The van der Waals surface area contributed by atoms with Crippen LogP contribution in [0.3, 0.4) is 0 Å². The number of benzene rings is 3. The van der Waals surface area contributed by atoms with Crippen LogP contribution in [0.5, 0.6) is 0 Å². The average Bonchev–Trinajstić information content (AvgIpc) is 2.70. The van der Waals surface area contributed by atoms with Gasteiger partial charge in [-0.2, -0.15) is 0 Å². The van der Waals surface area contributed by atoms with Gasteiger partial charge in [0.1, 0.15) is 0 Å². The van der Waals surface area contributed by atoms with E-state index in [1.54, 1.807) is 0 Å². The summed E-state index contributed by atoms with van der Waals surface area (Å²) in [6.07, 6.45) is 1.93. The van der Waals surface area contributed by atoms with Crippen molar-refractivity contribution in [1.82, 2.24) is 4.98 Å². The lowest BCUT2D eigenvalue weighted by Crippen LogP contribution is -1.88. The normalized spacial score (nSPS) is 11.8. The first-order valence-corrected chi connectivity index (χ1v) is 8.32. The Morgan fingerprint density at radius 3 is 2.25 bits per heavy atom. The van der Waals surface area contributed by atoms with E-state index in [1.807, 2.05) is 6.20 Å². The molecule has 0 spiro atoms. The van der Waals surface area contributed by atoms with E-state index in [9.17, 15) is 0 Å². The third-order valence-corrected chi connectivity index (χ3v) is 4.95. The number of nitrogens with zero attached hydrogens (tertiary/aromatic N) is 1. The van der Waals surface area contributed by atoms with Crippen molar-refractivity contribution in [3.63, 3.8) is 0 Å². The van der Waals surface area contributed by atoms with Gasteiger partial charge in [-0.25, -0.2) is 0 Å². The van der Waals surface area contributed by atoms with E-state index in [0.717, 1.165) is 5.69 Å². The maximum Gasteiger partial charge on any atom is 0.0792 e. The van der Waals surface area contributed by atoms with Gasteiger partial charge in [0.15, 0.2) is 0 Å². The van der Waals surface area contributed by atoms with Crippen LogP contribution in [-0.4, -0.2) is 4.98 Å². The summed E-state index contributed by atoms with van der Waals surface area (Å²) in [6, 6.07) is 22.1. The Hall–Kier alpha value is -2.93. The lowest BCUT2D eigenvalue weighted by Gasteiger charge is -2.12. The van der Waals surface area contributed by atoms with Gasteiger partial charge in [-0.15, -0.1) is 0 Å². The Kier molecular flexibility index (Phi) is 2.69. The summed E-state index contributed by atoms with van der Waals surface area (Å²) in [5.74, 6) is 0. The third kappa shape index (κ3) is 1.78. The van der Waals surface area contributed by atoms with E-state index in [-0.39, 0.29) is 0 Å². The molecular weight excluding hydrogens is 290 g/mol. The van der Waals surface area contributed by atoms with Crippen molar-refractivity contribution in [3.05, 3.63) is 78.0 Å². The zero-order chi connectivity index (χ0) is 16.3. The minimum atomic E-state index is 1.09. The van der Waals surface area contributed by atoms with E-state index in [1.165, 1.54) is 49.7 Å². The number of aryl methyl sites for hydroxylation is 2. The molecule has 0 radical (unpaired) electrons. The molecule has 1 aliphatic rings. The molecule has 0 atom stereocenters. The van der Waals surface area contributed by atoms with Crippen LogP contribution < -0.4 is 0 Å². The highest BCUT2D eigenvalue weighted by Gasteiger charge is 2.22. The van der Waals surface area contributed by atoms with Crippen LogP contribution in [0.15, 0.2) is 66.9 Å². The molecule has 0 bridgehead atoms. The second-order valence-electron chi connectivity index (χ2n) is 6.66. The zero-order valence-electron chi connectivity index (χ0n) is 13.8. The number of pyridine rings is 1. The van der Waals surface area contributed by atoms with Gasteiger partial charge in [0.05, 0.1) is 5.69 Å². The second-order valence-corrected chi connectivity index (χ2v) is 6.66. The van der Waals surface area contributed by atoms with Crippen molar-refractivity contribution in [3.8, 4) is 33.5 Å². The van der Waals surface area contributed by atoms with Gasteiger partial charge in [-0.05, 0) is 53.1 Å². The molecule has 1 nitrogen and oxygen atoms in total. The maximum absolute atomic E-state index is 4.77. The van der Waals surface area contributed by atoms with Crippen LogP contribution in [0.4, 0.5) is 0 Å². The predicted molar refractivity (Wildman–Crippen MR) is 101 cm³/mol. The Labute approximate surface area is 141 Å². The number of hydrogen-bond donors (Lipinski definition) is 0. The van der Waals surface area contributed by atoms with E-state index in [0.29, 0.717) is 0 Å². The standard InChI is InChI=1S/C23H17N/c1-14-7-8-18-20(12-14)17-5-3-4-6-19(17)23-22-16(9-10-24-23)11-15(2)13-21(18)22/h3-13H,1-2H3. The summed E-state index contributed by atoms with van der Waals surface area (Å²) in [5.41, 5.74) is 10.0. The smallest absolute Gasteiger partial charge is 0.0792 e. The first-order valence-electron chi connectivity index (χ1n) is 8.32. The molecule has 0 saturated carbocycles. The first kappa shape index (κ1) is 13.5. The second kappa shape index (κ2) is 4.78. The topological polar surface area (TPSA) is 12.9 Å². The van der Waals surface area contributed by atoms with Gasteiger partial charge >= 0.3 is 0 Å². The molecule has 0 aliphatic heterocycles. The summed E-state index contributed by atoms with van der Waals surface area (Å²) in [4.78, 5) is 4.77. The van der Waals surface area contributed by atoms with Crippen LogP contribution in [-0.2, 0) is 0 Å². The largest absolute Gasteiger partial charge is 0.256 e. The molecule has 1 aliphatic carbocycles. The number of aromatic nitrogens is 1. The molecule has 1 heterocycles. The molecular formula is C23H17N. The quantitative estimate of drug-likeness (QED) is 0.333. The number of hydrogen-bond acceptors (Lipinski definition) is 1. The van der Waals surface area contributed by atoms with Crippen molar-refractivity contribution in [2.24, 2.45) is 0 Å². The fourth-order valence-corrected chi connectivity index (χ4v) is 3.92. The minimum Gasteiger partial charge on any atom is -0.256 e. The summed E-state index contributed by atoms with van der Waals surface area (Å²) >= 11 is 0. The van der Waals surface area contributed by atoms with E-state index in [2.05, 4.69) is 74.5 Å². The monoisotopic (exact) mass is 307 g/mol. The summed E-state index contributed by atoms with van der Waals surface area (Å²) in [5, 5.41) is 2.52. The van der Waals surface area contributed by atoms with E-state index in [4.69, 9.17) is 4.98 Å². The molecule has 3 aromatic carbocycles. The van der Waals surface area contributed by atoms with E-state index < -0.39 is 0 Å². The van der Waals surface area contributed by atoms with Gasteiger partial charge in [-0.1, -0.05) is 60.2 Å². The van der Waals surface area contributed by atoms with Crippen LogP contribution in [0.25, 0.3) is 44.3 Å². The fraction of sp³-hybridized carbons (Fsp3) is 0.0870. The van der Waals surface area contributed by atoms with Gasteiger partial charge in [-0.3, -0.25) is 4.98 Å². The predicted octanol–water partition coefficient (Wildman–Crippen LogP) is 6.17. The molecule has 4 aromatic rings. The number of rotatable bonds is 0.